The lowest BCUT2D eigenvalue weighted by molar-refractivity contribution is -0.142. The number of fused-ring (bicyclic) bond motifs is 1. The monoisotopic (exact) mass is 500 g/mol. The molecule has 4 aromatic rings. The van der Waals surface area contributed by atoms with Gasteiger partial charge in [-0.25, -0.2) is 37.3 Å². The van der Waals surface area contributed by atoms with Gasteiger partial charge < -0.3 is 5.32 Å². The molecule has 0 aliphatic rings. The SMILES string of the molecule is Cn1c(=O)n(C)c2ncc(CC(=O)Nc3nc(-c4cc(F)c(C(F)(F)F)c(F)c4)cs3)n2c1=O. The van der Waals surface area contributed by atoms with Crippen molar-refractivity contribution in [2.45, 2.75) is 12.6 Å². The number of nitrogens with zero attached hydrogens (tertiary/aromatic N) is 5. The molecule has 1 aromatic carbocycles. The largest absolute Gasteiger partial charge is 0.422 e. The van der Waals surface area contributed by atoms with Gasteiger partial charge in [0.2, 0.25) is 11.7 Å². The van der Waals surface area contributed by atoms with Gasteiger partial charge in [0, 0.05) is 25.0 Å². The Hall–Kier alpha value is -3.88. The number of anilines is 1. The molecule has 0 saturated carbocycles. The van der Waals surface area contributed by atoms with Crippen LogP contribution in [-0.4, -0.2) is 29.4 Å². The number of nitrogens with one attached hydrogen (secondary N) is 1. The van der Waals surface area contributed by atoms with Crippen molar-refractivity contribution < 1.29 is 26.7 Å². The van der Waals surface area contributed by atoms with Crippen molar-refractivity contribution in [3.8, 4) is 11.3 Å². The number of imidazole rings is 1. The van der Waals surface area contributed by atoms with Gasteiger partial charge in [-0.1, -0.05) is 0 Å². The van der Waals surface area contributed by atoms with Crippen LogP contribution in [0.4, 0.5) is 27.1 Å². The minimum absolute atomic E-state index is 0.00911. The fourth-order valence-corrected chi connectivity index (χ4v) is 4.01. The Morgan fingerprint density at radius 2 is 1.74 bits per heavy atom. The van der Waals surface area contributed by atoms with Gasteiger partial charge >= 0.3 is 17.6 Å². The van der Waals surface area contributed by atoms with E-state index in [-0.39, 0.29) is 34.3 Å². The Balaban J connectivity index is 1.57. The molecule has 3 aromatic heterocycles. The Morgan fingerprint density at radius 1 is 1.09 bits per heavy atom. The first-order valence-electron chi connectivity index (χ1n) is 9.32. The standard InChI is InChI=1S/C19H13F5N6O3S/c1-28-16-25-6-9(30(16)18(33)29(2)17(28)32)5-13(31)27-15-26-12(7-34-15)8-3-10(20)14(11(21)4-8)19(22,23)24/h3-4,6-7H,5H2,1-2H3,(H,26,27,31). The topological polar surface area (TPSA) is 103 Å². The van der Waals surface area contributed by atoms with E-state index in [1.807, 2.05) is 0 Å². The maximum atomic E-state index is 13.9. The number of aryl methyl sites for hydroxylation is 1. The van der Waals surface area contributed by atoms with Crippen LogP contribution in [0, 0.1) is 11.6 Å². The predicted octanol–water partition coefficient (Wildman–Crippen LogP) is 2.33. The second kappa shape index (κ2) is 8.16. The molecule has 0 spiro atoms. The number of carbonyl (C=O) groups is 1. The number of hydrogen-bond donors (Lipinski definition) is 1. The molecule has 0 aliphatic carbocycles. The number of aromatic nitrogens is 5. The average Bonchev–Trinajstić information content (AvgIpc) is 3.36. The van der Waals surface area contributed by atoms with Gasteiger partial charge in [-0.3, -0.25) is 9.36 Å². The third-order valence-corrected chi connectivity index (χ3v) is 5.64. The molecule has 3 heterocycles. The van der Waals surface area contributed by atoms with E-state index in [9.17, 15) is 36.3 Å². The molecule has 0 radical (unpaired) electrons. The Labute approximate surface area is 189 Å². The molecular formula is C19H13F5N6O3S. The fraction of sp³-hybridized carbons (Fsp3) is 0.211. The summed E-state index contributed by atoms with van der Waals surface area (Å²) >= 11 is 0.877. The van der Waals surface area contributed by atoms with Crippen LogP contribution in [0.15, 0.2) is 33.3 Å². The van der Waals surface area contributed by atoms with Crippen LogP contribution in [0.3, 0.4) is 0 Å². The van der Waals surface area contributed by atoms with Gasteiger partial charge in [0.15, 0.2) is 5.13 Å². The summed E-state index contributed by atoms with van der Waals surface area (Å²) < 4.78 is 69.0. The van der Waals surface area contributed by atoms with E-state index in [1.54, 1.807) is 0 Å². The van der Waals surface area contributed by atoms with Crippen molar-refractivity contribution in [2.24, 2.45) is 14.1 Å². The molecule has 1 amide bonds. The van der Waals surface area contributed by atoms with E-state index in [2.05, 4.69) is 15.3 Å². The van der Waals surface area contributed by atoms with Crippen LogP contribution in [0.2, 0.25) is 0 Å². The molecule has 15 heteroatoms. The van der Waals surface area contributed by atoms with E-state index in [0.717, 1.165) is 24.9 Å². The van der Waals surface area contributed by atoms with E-state index < -0.39 is 40.7 Å². The van der Waals surface area contributed by atoms with Gasteiger partial charge in [0.25, 0.3) is 0 Å². The van der Waals surface area contributed by atoms with Crippen molar-refractivity contribution in [3.05, 3.63) is 67.6 Å². The van der Waals surface area contributed by atoms with E-state index in [4.69, 9.17) is 0 Å². The van der Waals surface area contributed by atoms with Crippen LogP contribution >= 0.6 is 11.3 Å². The summed E-state index contributed by atoms with van der Waals surface area (Å²) in [6, 6.07) is 1.01. The lowest BCUT2D eigenvalue weighted by Gasteiger charge is -2.10. The molecule has 1 N–H and O–H groups in total. The molecule has 178 valence electrons. The van der Waals surface area contributed by atoms with Crippen molar-refractivity contribution in [3.63, 3.8) is 0 Å². The average molecular weight is 500 g/mol. The zero-order valence-corrected chi connectivity index (χ0v) is 18.1. The van der Waals surface area contributed by atoms with E-state index >= 15 is 0 Å². The lowest BCUT2D eigenvalue weighted by Crippen LogP contribution is -2.41. The molecule has 9 nitrogen and oxygen atoms in total. The molecule has 0 unspecified atom stereocenters. The molecular weight excluding hydrogens is 487 g/mol. The molecule has 34 heavy (non-hydrogen) atoms. The highest BCUT2D eigenvalue weighted by Crippen LogP contribution is 2.36. The number of carbonyl (C=O) groups excluding carboxylic acids is 1. The molecule has 0 fully saturated rings. The zero-order chi connectivity index (χ0) is 24.9. The number of alkyl halides is 3. The Bertz CT molecular complexity index is 1540. The Morgan fingerprint density at radius 3 is 2.35 bits per heavy atom. The van der Waals surface area contributed by atoms with Crippen LogP contribution in [0.1, 0.15) is 11.3 Å². The van der Waals surface area contributed by atoms with Gasteiger partial charge in [0.1, 0.15) is 17.2 Å². The molecule has 0 bridgehead atoms. The van der Waals surface area contributed by atoms with Crippen LogP contribution < -0.4 is 16.7 Å². The quantitative estimate of drug-likeness (QED) is 0.434. The number of benzene rings is 1. The van der Waals surface area contributed by atoms with E-state index in [0.29, 0.717) is 12.1 Å². The maximum absolute atomic E-state index is 13.9. The van der Waals surface area contributed by atoms with Gasteiger partial charge in [-0.15, -0.1) is 11.3 Å². The fourth-order valence-electron chi connectivity index (χ4n) is 3.27. The van der Waals surface area contributed by atoms with E-state index in [1.165, 1.54) is 25.7 Å². The molecule has 0 saturated heterocycles. The van der Waals surface area contributed by atoms with Crippen molar-refractivity contribution in [2.75, 3.05) is 5.32 Å². The van der Waals surface area contributed by atoms with Crippen LogP contribution in [0.25, 0.3) is 17.0 Å². The minimum Gasteiger partial charge on any atom is -0.302 e. The number of amides is 1. The molecule has 4 rings (SSSR count). The van der Waals surface area contributed by atoms with Crippen molar-refractivity contribution in [1.82, 2.24) is 23.5 Å². The Kier molecular flexibility index (Phi) is 5.59. The highest BCUT2D eigenvalue weighted by Gasteiger charge is 2.38. The summed E-state index contributed by atoms with van der Waals surface area (Å²) in [7, 11) is 2.69. The third kappa shape index (κ3) is 3.98. The highest BCUT2D eigenvalue weighted by atomic mass is 32.1. The second-order valence-electron chi connectivity index (χ2n) is 7.14. The highest BCUT2D eigenvalue weighted by molar-refractivity contribution is 7.14. The predicted molar refractivity (Wildman–Crippen MR) is 110 cm³/mol. The maximum Gasteiger partial charge on any atom is 0.422 e. The molecule has 0 atom stereocenters. The summed E-state index contributed by atoms with van der Waals surface area (Å²) in [5.41, 5.74) is -3.40. The molecule has 0 aliphatic heterocycles. The van der Waals surface area contributed by atoms with Crippen molar-refractivity contribution >= 4 is 28.2 Å². The number of hydrogen-bond acceptors (Lipinski definition) is 6. The number of rotatable bonds is 4. The summed E-state index contributed by atoms with van der Waals surface area (Å²) in [5.74, 6) is -4.16. The first kappa shape index (κ1) is 23.3. The van der Waals surface area contributed by atoms with Crippen LogP contribution in [-0.2, 0) is 31.5 Å². The summed E-state index contributed by atoms with van der Waals surface area (Å²) in [4.78, 5) is 44.9. The van der Waals surface area contributed by atoms with Crippen LogP contribution in [0.5, 0.6) is 0 Å². The normalized spacial score (nSPS) is 11.9. The summed E-state index contributed by atoms with van der Waals surface area (Å²) in [5, 5.41) is 3.75. The minimum atomic E-state index is -5.20. The van der Waals surface area contributed by atoms with Gasteiger partial charge in [-0.05, 0) is 12.1 Å². The number of halogens is 5. The summed E-state index contributed by atoms with van der Waals surface area (Å²) in [6.07, 6.45) is -4.26. The lowest BCUT2D eigenvalue weighted by atomic mass is 10.1. The number of thiazole rings is 1. The first-order valence-corrected chi connectivity index (χ1v) is 10.2. The second-order valence-corrected chi connectivity index (χ2v) is 8.00. The van der Waals surface area contributed by atoms with Crippen molar-refractivity contribution in [1.29, 1.82) is 0 Å². The summed E-state index contributed by atoms with van der Waals surface area (Å²) in [6.45, 7) is 0. The smallest absolute Gasteiger partial charge is 0.302 e. The van der Waals surface area contributed by atoms with Gasteiger partial charge in [-0.2, -0.15) is 13.2 Å². The van der Waals surface area contributed by atoms with Gasteiger partial charge in [0.05, 0.1) is 24.0 Å². The first-order chi connectivity index (χ1) is 15.9. The third-order valence-electron chi connectivity index (χ3n) is 4.88. The zero-order valence-electron chi connectivity index (χ0n) is 17.3.